The first-order chi connectivity index (χ1) is 10.5. The van der Waals surface area contributed by atoms with E-state index in [1.54, 1.807) is 0 Å². The maximum absolute atomic E-state index is 12.1. The minimum absolute atomic E-state index is 0. The summed E-state index contributed by atoms with van der Waals surface area (Å²) in [4.78, 5) is 11.5. The summed E-state index contributed by atoms with van der Waals surface area (Å²) in [6.45, 7) is 0.319. The fourth-order valence-corrected chi connectivity index (χ4v) is 1.97. The number of nitrogens with one attached hydrogen (secondary N) is 3. The third kappa shape index (κ3) is 6.63. The summed E-state index contributed by atoms with van der Waals surface area (Å²) in [7, 11) is 1.52. The summed E-state index contributed by atoms with van der Waals surface area (Å²) in [5.41, 5.74) is 1.86. The number of para-hydroxylation sites is 2. The molecule has 0 fully saturated rings. The lowest BCUT2D eigenvalue weighted by Gasteiger charge is -2.12. The Balaban J connectivity index is 0.00000264. The van der Waals surface area contributed by atoms with E-state index in [1.807, 2.05) is 24.3 Å². The number of aromatic amines is 1. The molecule has 1 aromatic heterocycles. The minimum atomic E-state index is -4.17. The monoisotopic (exact) mass is 441 g/mol. The van der Waals surface area contributed by atoms with Crippen LogP contribution in [-0.2, 0) is 6.42 Å². The van der Waals surface area contributed by atoms with Gasteiger partial charge in [-0.25, -0.2) is 4.98 Å². The number of hydrogen-bond acceptors (Lipinski definition) is 2. The van der Waals surface area contributed by atoms with Crippen LogP contribution >= 0.6 is 24.0 Å². The van der Waals surface area contributed by atoms with E-state index in [4.69, 9.17) is 0 Å². The predicted molar refractivity (Wildman–Crippen MR) is 95.2 cm³/mol. The molecule has 23 heavy (non-hydrogen) atoms. The van der Waals surface area contributed by atoms with Crippen LogP contribution < -0.4 is 10.6 Å². The molecule has 2 rings (SSSR count). The number of hydrogen-bond donors (Lipinski definition) is 3. The van der Waals surface area contributed by atoms with Gasteiger partial charge in [0.25, 0.3) is 0 Å². The second-order valence-electron chi connectivity index (χ2n) is 4.74. The van der Waals surface area contributed by atoms with Crippen molar-refractivity contribution < 1.29 is 13.2 Å². The molecule has 5 nitrogen and oxygen atoms in total. The SMILES string of the molecule is CN=C(NCCc1nc2ccccc2[nH]1)NCCC(F)(F)F.I. The molecule has 1 aromatic carbocycles. The summed E-state index contributed by atoms with van der Waals surface area (Å²) in [6.07, 6.45) is -4.44. The Labute approximate surface area is 149 Å². The molecule has 0 spiro atoms. The normalized spacial score (nSPS) is 12.1. The first-order valence-corrected chi connectivity index (χ1v) is 6.93. The zero-order chi connectivity index (χ0) is 16.0. The standard InChI is InChI=1S/C14H18F3N5.HI/c1-18-13(20-9-7-14(15,16)17)19-8-6-12-21-10-4-2-3-5-11(10)22-12;/h2-5H,6-9H2,1H3,(H,21,22)(H2,18,19,20);1H. The molecule has 0 aliphatic heterocycles. The quantitative estimate of drug-likeness (QED) is 0.380. The van der Waals surface area contributed by atoms with Gasteiger partial charge in [-0.2, -0.15) is 13.2 Å². The number of aliphatic imine (C=N–C) groups is 1. The summed E-state index contributed by atoms with van der Waals surface area (Å²) in [5, 5.41) is 5.59. The maximum Gasteiger partial charge on any atom is 0.390 e. The zero-order valence-electron chi connectivity index (χ0n) is 12.6. The van der Waals surface area contributed by atoms with E-state index in [0.717, 1.165) is 16.9 Å². The summed E-state index contributed by atoms with van der Waals surface area (Å²) in [6, 6.07) is 7.70. The summed E-state index contributed by atoms with van der Waals surface area (Å²) >= 11 is 0. The molecule has 0 saturated carbocycles. The van der Waals surface area contributed by atoms with Gasteiger partial charge in [0.2, 0.25) is 0 Å². The summed E-state index contributed by atoms with van der Waals surface area (Å²) < 4.78 is 36.2. The molecule has 0 amide bonds. The Morgan fingerprint density at radius 3 is 2.57 bits per heavy atom. The number of fused-ring (bicyclic) bond motifs is 1. The Kier molecular flexibility index (Phi) is 7.59. The van der Waals surface area contributed by atoms with Crippen molar-refractivity contribution in [1.29, 1.82) is 0 Å². The first kappa shape index (κ1) is 19.5. The molecule has 2 aromatic rings. The van der Waals surface area contributed by atoms with Gasteiger partial charge in [-0.05, 0) is 12.1 Å². The topological polar surface area (TPSA) is 65.1 Å². The van der Waals surface area contributed by atoms with E-state index in [1.165, 1.54) is 7.05 Å². The molecule has 0 aliphatic rings. The highest BCUT2D eigenvalue weighted by atomic mass is 127. The van der Waals surface area contributed by atoms with Gasteiger partial charge in [0.05, 0.1) is 17.5 Å². The molecule has 0 saturated heterocycles. The number of H-pyrrole nitrogens is 1. The number of imidazole rings is 1. The molecule has 3 N–H and O–H groups in total. The van der Waals surface area contributed by atoms with Crippen molar-refractivity contribution in [2.24, 2.45) is 4.99 Å². The highest BCUT2D eigenvalue weighted by Crippen LogP contribution is 2.18. The number of guanidine groups is 1. The number of nitrogens with zero attached hydrogens (tertiary/aromatic N) is 2. The molecule has 128 valence electrons. The zero-order valence-corrected chi connectivity index (χ0v) is 14.9. The van der Waals surface area contributed by atoms with Gasteiger partial charge in [-0.15, -0.1) is 24.0 Å². The van der Waals surface area contributed by atoms with Crippen LogP contribution in [0.5, 0.6) is 0 Å². The third-order valence-electron chi connectivity index (χ3n) is 3.02. The smallest absolute Gasteiger partial charge is 0.356 e. The van der Waals surface area contributed by atoms with Gasteiger partial charge in [-0.3, -0.25) is 4.99 Å². The Morgan fingerprint density at radius 2 is 1.91 bits per heavy atom. The molecule has 0 atom stereocenters. The second-order valence-corrected chi connectivity index (χ2v) is 4.74. The Morgan fingerprint density at radius 1 is 1.22 bits per heavy atom. The van der Waals surface area contributed by atoms with Gasteiger partial charge >= 0.3 is 6.18 Å². The minimum Gasteiger partial charge on any atom is -0.356 e. The Hall–Kier alpha value is -1.52. The van der Waals surface area contributed by atoms with Crippen molar-refractivity contribution in [3.8, 4) is 0 Å². The highest BCUT2D eigenvalue weighted by Gasteiger charge is 2.26. The molecule has 9 heteroatoms. The summed E-state index contributed by atoms with van der Waals surface area (Å²) in [5.74, 6) is 1.17. The van der Waals surface area contributed by atoms with Gasteiger partial charge in [-0.1, -0.05) is 12.1 Å². The van der Waals surface area contributed by atoms with Crippen LogP contribution in [0.1, 0.15) is 12.2 Å². The van der Waals surface area contributed by atoms with Crippen LogP contribution in [0.25, 0.3) is 11.0 Å². The van der Waals surface area contributed by atoms with Crippen LogP contribution in [0.4, 0.5) is 13.2 Å². The van der Waals surface area contributed by atoms with Gasteiger partial charge in [0, 0.05) is 26.6 Å². The number of alkyl halides is 3. The molecule has 0 unspecified atom stereocenters. The lowest BCUT2D eigenvalue weighted by Crippen LogP contribution is -2.39. The average molecular weight is 441 g/mol. The molecule has 0 aliphatic carbocycles. The fourth-order valence-electron chi connectivity index (χ4n) is 1.97. The van der Waals surface area contributed by atoms with Crippen LogP contribution in [0.3, 0.4) is 0 Å². The molecule has 1 heterocycles. The molecular formula is C14H19F3IN5. The average Bonchev–Trinajstić information content (AvgIpc) is 2.87. The van der Waals surface area contributed by atoms with Crippen LogP contribution in [0, 0.1) is 0 Å². The third-order valence-corrected chi connectivity index (χ3v) is 3.02. The number of halogens is 4. The van der Waals surface area contributed by atoms with Crippen molar-refractivity contribution in [3.63, 3.8) is 0 Å². The van der Waals surface area contributed by atoms with Crippen LogP contribution in [0.15, 0.2) is 29.3 Å². The van der Waals surface area contributed by atoms with Crippen molar-refractivity contribution in [3.05, 3.63) is 30.1 Å². The van der Waals surface area contributed by atoms with Crippen molar-refractivity contribution in [2.45, 2.75) is 19.0 Å². The van der Waals surface area contributed by atoms with E-state index in [2.05, 4.69) is 25.6 Å². The second kappa shape index (κ2) is 8.94. The maximum atomic E-state index is 12.1. The van der Waals surface area contributed by atoms with Gasteiger partial charge in [0.15, 0.2) is 5.96 Å². The van der Waals surface area contributed by atoms with Crippen molar-refractivity contribution in [2.75, 3.05) is 20.1 Å². The lowest BCUT2D eigenvalue weighted by atomic mass is 10.3. The number of benzene rings is 1. The van der Waals surface area contributed by atoms with E-state index in [9.17, 15) is 13.2 Å². The van der Waals surface area contributed by atoms with Crippen molar-refractivity contribution in [1.82, 2.24) is 20.6 Å². The predicted octanol–water partition coefficient (Wildman–Crippen LogP) is 2.84. The van der Waals surface area contributed by atoms with Gasteiger partial charge < -0.3 is 15.6 Å². The van der Waals surface area contributed by atoms with E-state index >= 15 is 0 Å². The van der Waals surface area contributed by atoms with Gasteiger partial charge in [0.1, 0.15) is 5.82 Å². The number of rotatable bonds is 5. The van der Waals surface area contributed by atoms with E-state index < -0.39 is 12.6 Å². The molecular weight excluding hydrogens is 422 g/mol. The van der Waals surface area contributed by atoms with Crippen LogP contribution in [0.2, 0.25) is 0 Å². The Bertz CT molecular complexity index is 606. The highest BCUT2D eigenvalue weighted by molar-refractivity contribution is 14.0. The lowest BCUT2D eigenvalue weighted by molar-refractivity contribution is -0.132. The first-order valence-electron chi connectivity index (χ1n) is 6.93. The molecule has 0 bridgehead atoms. The number of aromatic nitrogens is 2. The largest absolute Gasteiger partial charge is 0.390 e. The van der Waals surface area contributed by atoms with E-state index in [0.29, 0.717) is 18.9 Å². The van der Waals surface area contributed by atoms with Crippen LogP contribution in [-0.4, -0.2) is 42.2 Å². The van der Waals surface area contributed by atoms with E-state index in [-0.39, 0.29) is 30.5 Å². The molecule has 0 radical (unpaired) electrons. The fraction of sp³-hybridized carbons (Fsp3) is 0.429. The van der Waals surface area contributed by atoms with Crippen molar-refractivity contribution >= 4 is 41.0 Å².